The summed E-state index contributed by atoms with van der Waals surface area (Å²) in [5.74, 6) is 2.37. The smallest absolute Gasteiger partial charge is 0.151 e. The zero-order valence-electron chi connectivity index (χ0n) is 11.5. The Morgan fingerprint density at radius 1 is 0.905 bits per heavy atom. The number of aldehydes is 1. The van der Waals surface area contributed by atoms with Gasteiger partial charge < -0.3 is 0 Å². The molecule has 0 bridgehead atoms. The molecule has 1 nitrogen and oxygen atoms in total. The van der Waals surface area contributed by atoms with Gasteiger partial charge in [-0.05, 0) is 46.0 Å². The molecule has 2 aliphatic heterocycles. The van der Waals surface area contributed by atoms with E-state index in [4.69, 9.17) is 0 Å². The number of carbonyl (C=O) groups is 1. The average Bonchev–Trinajstić information content (AvgIpc) is 3.16. The van der Waals surface area contributed by atoms with Gasteiger partial charge in [-0.25, -0.2) is 0 Å². The van der Waals surface area contributed by atoms with Crippen LogP contribution in [-0.2, 0) is 12.8 Å². The molecule has 0 fully saturated rings. The second-order valence-electron chi connectivity index (χ2n) is 4.88. The topological polar surface area (TPSA) is 17.1 Å². The summed E-state index contributed by atoms with van der Waals surface area (Å²) in [4.78, 5) is 13.2. The fraction of sp³-hybridized carbons (Fsp3) is 0.235. The number of rotatable bonds is 1. The van der Waals surface area contributed by atoms with Gasteiger partial charge in [0, 0.05) is 31.3 Å². The second-order valence-corrected chi connectivity index (χ2v) is 7.94. The molecule has 0 aliphatic carbocycles. The van der Waals surface area contributed by atoms with Crippen molar-refractivity contribution in [3.05, 3.63) is 57.6 Å². The van der Waals surface area contributed by atoms with Gasteiger partial charge >= 0.3 is 0 Å². The van der Waals surface area contributed by atoms with E-state index in [-0.39, 0.29) is 0 Å². The predicted molar refractivity (Wildman–Crippen MR) is 94.8 cm³/mol. The summed E-state index contributed by atoms with van der Waals surface area (Å²) in [5, 5.41) is 0. The Morgan fingerprint density at radius 3 is 2.19 bits per heavy atom. The highest BCUT2D eigenvalue weighted by atomic mass is 79.9. The quantitative estimate of drug-likeness (QED) is 0.631. The van der Waals surface area contributed by atoms with E-state index in [0.29, 0.717) is 0 Å². The van der Waals surface area contributed by atoms with Crippen molar-refractivity contribution in [2.45, 2.75) is 22.6 Å². The zero-order chi connectivity index (χ0) is 14.7. The van der Waals surface area contributed by atoms with Gasteiger partial charge in [-0.1, -0.05) is 30.3 Å². The van der Waals surface area contributed by atoms with E-state index < -0.39 is 0 Å². The molecule has 4 heteroatoms. The van der Waals surface area contributed by atoms with Gasteiger partial charge in [0.2, 0.25) is 0 Å². The van der Waals surface area contributed by atoms with Gasteiger partial charge in [0.1, 0.15) is 0 Å². The molecule has 2 aliphatic rings. The average molecular weight is 379 g/mol. The fourth-order valence-electron chi connectivity index (χ4n) is 2.51. The molecule has 2 aromatic carbocycles. The number of benzene rings is 2. The standard InChI is InChI=1S/C9H8OS.C8H7BrS/c10-6-8-3-1-2-7-4-5-11-9(7)8;9-7-3-1-2-6-4-5-10-8(6)7/h1-3,6H,4-5H2;1-3H,4-5H2. The number of thioether (sulfide) groups is 2. The van der Waals surface area contributed by atoms with Gasteiger partial charge in [0.15, 0.2) is 6.29 Å². The zero-order valence-corrected chi connectivity index (χ0v) is 14.7. The molecule has 0 N–H and O–H groups in total. The SMILES string of the molecule is Brc1cccc2c1SCC2.O=Cc1cccc2c1SCC2. The third-order valence-electron chi connectivity index (χ3n) is 3.54. The largest absolute Gasteiger partial charge is 0.298 e. The lowest BCUT2D eigenvalue weighted by Crippen LogP contribution is -1.85. The monoisotopic (exact) mass is 378 g/mol. The van der Waals surface area contributed by atoms with Crippen LogP contribution < -0.4 is 0 Å². The molecular weight excluding hydrogens is 364 g/mol. The van der Waals surface area contributed by atoms with E-state index in [1.165, 1.54) is 37.6 Å². The van der Waals surface area contributed by atoms with E-state index in [2.05, 4.69) is 40.2 Å². The number of hydrogen-bond acceptors (Lipinski definition) is 3. The fourth-order valence-corrected chi connectivity index (χ4v) is 5.51. The lowest BCUT2D eigenvalue weighted by atomic mass is 10.1. The first-order valence-corrected chi connectivity index (χ1v) is 9.66. The number of fused-ring (bicyclic) bond motifs is 2. The molecule has 0 saturated carbocycles. The molecule has 0 amide bonds. The molecule has 108 valence electrons. The summed E-state index contributed by atoms with van der Waals surface area (Å²) in [5.41, 5.74) is 3.68. The Bertz CT molecular complexity index is 670. The van der Waals surface area contributed by atoms with E-state index in [1.807, 2.05) is 23.9 Å². The Morgan fingerprint density at radius 2 is 1.52 bits per heavy atom. The summed E-state index contributed by atoms with van der Waals surface area (Å²) in [6.45, 7) is 0. The van der Waals surface area contributed by atoms with E-state index in [1.54, 1.807) is 11.8 Å². The number of halogens is 1. The molecule has 0 unspecified atom stereocenters. The first kappa shape index (κ1) is 15.2. The minimum atomic E-state index is 0.852. The van der Waals surface area contributed by atoms with Crippen molar-refractivity contribution in [1.29, 1.82) is 0 Å². The molecule has 21 heavy (non-hydrogen) atoms. The second kappa shape index (κ2) is 7.03. The number of hydrogen-bond donors (Lipinski definition) is 0. The summed E-state index contributed by atoms with van der Waals surface area (Å²) in [6, 6.07) is 12.4. The van der Waals surface area contributed by atoms with Gasteiger partial charge in [0.25, 0.3) is 0 Å². The minimum absolute atomic E-state index is 0.852. The summed E-state index contributed by atoms with van der Waals surface area (Å²) >= 11 is 7.26. The van der Waals surface area contributed by atoms with Crippen LogP contribution in [0.25, 0.3) is 0 Å². The molecule has 0 aromatic heterocycles. The third-order valence-corrected chi connectivity index (χ3v) is 6.84. The van der Waals surface area contributed by atoms with Gasteiger partial charge in [0.05, 0.1) is 0 Å². The van der Waals surface area contributed by atoms with Crippen molar-refractivity contribution in [1.82, 2.24) is 0 Å². The highest BCUT2D eigenvalue weighted by Gasteiger charge is 2.14. The van der Waals surface area contributed by atoms with Crippen molar-refractivity contribution in [2.75, 3.05) is 11.5 Å². The van der Waals surface area contributed by atoms with E-state index >= 15 is 0 Å². The van der Waals surface area contributed by atoms with E-state index in [9.17, 15) is 4.79 Å². The van der Waals surface area contributed by atoms with Crippen LogP contribution in [0.5, 0.6) is 0 Å². The summed E-state index contributed by atoms with van der Waals surface area (Å²) in [6.07, 6.45) is 3.29. The maximum Gasteiger partial charge on any atom is 0.151 e. The van der Waals surface area contributed by atoms with E-state index in [0.717, 1.165) is 24.0 Å². The van der Waals surface area contributed by atoms with Gasteiger partial charge in [-0.15, -0.1) is 23.5 Å². The number of carbonyl (C=O) groups excluding carboxylic acids is 1. The highest BCUT2D eigenvalue weighted by molar-refractivity contribution is 9.10. The maximum absolute atomic E-state index is 10.6. The Balaban J connectivity index is 0.000000126. The molecule has 0 radical (unpaired) electrons. The molecule has 4 rings (SSSR count). The normalized spacial score (nSPS) is 14.9. The van der Waals surface area contributed by atoms with Gasteiger partial charge in [-0.3, -0.25) is 4.79 Å². The first-order valence-electron chi connectivity index (χ1n) is 6.89. The number of aryl methyl sites for hydroxylation is 2. The van der Waals surface area contributed by atoms with Crippen molar-refractivity contribution in [2.24, 2.45) is 0 Å². The molecule has 0 atom stereocenters. The lowest BCUT2D eigenvalue weighted by Gasteiger charge is -1.98. The molecule has 0 saturated heterocycles. The predicted octanol–water partition coefficient (Wildman–Crippen LogP) is 5.24. The van der Waals surface area contributed by atoms with Crippen LogP contribution in [0, 0.1) is 0 Å². The van der Waals surface area contributed by atoms with Crippen molar-refractivity contribution < 1.29 is 4.79 Å². The maximum atomic E-state index is 10.6. The molecule has 0 spiro atoms. The van der Waals surface area contributed by atoms with Crippen LogP contribution in [0.15, 0.2) is 50.7 Å². The Kier molecular flexibility index (Phi) is 5.09. The Labute approximate surface area is 142 Å². The van der Waals surface area contributed by atoms with Crippen molar-refractivity contribution in [3.63, 3.8) is 0 Å². The van der Waals surface area contributed by atoms with Crippen LogP contribution in [0.4, 0.5) is 0 Å². The minimum Gasteiger partial charge on any atom is -0.298 e. The van der Waals surface area contributed by atoms with Crippen LogP contribution in [0.3, 0.4) is 0 Å². The van der Waals surface area contributed by atoms with Crippen molar-refractivity contribution in [3.8, 4) is 0 Å². The molecular formula is C17H15BrOS2. The Hall–Kier alpha value is -0.710. The van der Waals surface area contributed by atoms with Crippen LogP contribution in [-0.4, -0.2) is 17.8 Å². The molecule has 2 heterocycles. The first-order chi connectivity index (χ1) is 10.3. The van der Waals surface area contributed by atoms with Crippen molar-refractivity contribution >= 4 is 45.7 Å². The lowest BCUT2D eigenvalue weighted by molar-refractivity contribution is 0.112. The van der Waals surface area contributed by atoms with Gasteiger partial charge in [-0.2, -0.15) is 0 Å². The summed E-state index contributed by atoms with van der Waals surface area (Å²) < 4.78 is 1.26. The van der Waals surface area contributed by atoms with Crippen LogP contribution in [0.1, 0.15) is 21.5 Å². The molecule has 2 aromatic rings. The van der Waals surface area contributed by atoms with Crippen LogP contribution >= 0.6 is 39.5 Å². The third kappa shape index (κ3) is 3.38. The van der Waals surface area contributed by atoms with Crippen LogP contribution in [0.2, 0.25) is 0 Å². The highest BCUT2D eigenvalue weighted by Crippen LogP contribution is 2.36. The summed E-state index contributed by atoms with van der Waals surface area (Å²) in [7, 11) is 0.